The number of nitrogen functional groups attached to an aromatic ring is 1. The van der Waals surface area contributed by atoms with Gasteiger partial charge in [0, 0.05) is 26.2 Å². The number of piperazine rings is 1. The Morgan fingerprint density at radius 1 is 1.26 bits per heavy atom. The SMILES string of the molecule is C#Cc1nc(N2CCNCC2)c(N)c([Si](C)(C)C)n1. The lowest BCUT2D eigenvalue weighted by Gasteiger charge is -2.31. The smallest absolute Gasteiger partial charge is 0.206 e. The number of nitrogens with zero attached hydrogens (tertiary/aromatic N) is 3. The van der Waals surface area contributed by atoms with Crippen molar-refractivity contribution in [2.24, 2.45) is 0 Å². The molecule has 0 bridgehead atoms. The van der Waals surface area contributed by atoms with Crippen LogP contribution in [-0.2, 0) is 0 Å². The number of nitrogens with two attached hydrogens (primary N) is 1. The highest BCUT2D eigenvalue weighted by atomic mass is 28.3. The Morgan fingerprint density at radius 3 is 2.42 bits per heavy atom. The zero-order valence-corrected chi connectivity index (χ0v) is 12.8. The molecule has 0 aromatic carbocycles. The predicted octanol–water partition coefficient (Wildman–Crippen LogP) is -0.00510. The monoisotopic (exact) mass is 275 g/mol. The molecule has 6 heteroatoms. The quantitative estimate of drug-likeness (QED) is 0.587. The van der Waals surface area contributed by atoms with Gasteiger partial charge < -0.3 is 16.0 Å². The van der Waals surface area contributed by atoms with Crippen molar-refractivity contribution < 1.29 is 0 Å². The lowest BCUT2D eigenvalue weighted by Crippen LogP contribution is -2.47. The molecule has 0 amide bonds. The summed E-state index contributed by atoms with van der Waals surface area (Å²) in [5, 5.41) is 4.28. The maximum Gasteiger partial charge on any atom is 0.206 e. The van der Waals surface area contributed by atoms with Crippen LogP contribution in [0.2, 0.25) is 19.6 Å². The summed E-state index contributed by atoms with van der Waals surface area (Å²) in [4.78, 5) is 11.1. The topological polar surface area (TPSA) is 67.1 Å². The molecule has 0 aliphatic carbocycles. The first-order valence-electron chi connectivity index (χ1n) is 6.53. The van der Waals surface area contributed by atoms with E-state index in [0.717, 1.165) is 37.3 Å². The molecule has 0 saturated carbocycles. The minimum absolute atomic E-state index is 0.445. The second-order valence-electron chi connectivity index (χ2n) is 5.76. The van der Waals surface area contributed by atoms with E-state index in [2.05, 4.69) is 45.7 Å². The van der Waals surface area contributed by atoms with Gasteiger partial charge in [-0.25, -0.2) is 9.97 Å². The van der Waals surface area contributed by atoms with Crippen LogP contribution in [0.4, 0.5) is 11.5 Å². The van der Waals surface area contributed by atoms with Gasteiger partial charge in [-0.15, -0.1) is 6.42 Å². The van der Waals surface area contributed by atoms with Crippen molar-refractivity contribution in [2.45, 2.75) is 19.6 Å². The van der Waals surface area contributed by atoms with Crippen LogP contribution in [0.3, 0.4) is 0 Å². The van der Waals surface area contributed by atoms with Crippen molar-refractivity contribution in [3.63, 3.8) is 0 Å². The van der Waals surface area contributed by atoms with Crippen LogP contribution in [0, 0.1) is 12.3 Å². The molecule has 1 aliphatic heterocycles. The van der Waals surface area contributed by atoms with Gasteiger partial charge in [0.1, 0.15) is 8.07 Å². The summed E-state index contributed by atoms with van der Waals surface area (Å²) in [7, 11) is -1.63. The van der Waals surface area contributed by atoms with E-state index >= 15 is 0 Å². The highest BCUT2D eigenvalue weighted by Crippen LogP contribution is 2.21. The Hall–Kier alpha value is -1.58. The van der Waals surface area contributed by atoms with E-state index in [-0.39, 0.29) is 0 Å². The third-order valence-corrected chi connectivity index (χ3v) is 4.98. The molecule has 0 radical (unpaired) electrons. The van der Waals surface area contributed by atoms with Crippen LogP contribution in [0.25, 0.3) is 0 Å². The van der Waals surface area contributed by atoms with E-state index in [0.29, 0.717) is 11.5 Å². The average molecular weight is 275 g/mol. The van der Waals surface area contributed by atoms with Gasteiger partial charge in [0.25, 0.3) is 0 Å². The van der Waals surface area contributed by atoms with E-state index in [1.54, 1.807) is 0 Å². The first-order chi connectivity index (χ1) is 8.93. The molecule has 1 saturated heterocycles. The molecule has 1 fully saturated rings. The number of hydrogen-bond donors (Lipinski definition) is 2. The van der Waals surface area contributed by atoms with Crippen molar-refractivity contribution in [3.05, 3.63) is 5.82 Å². The molecule has 2 rings (SSSR count). The minimum Gasteiger partial charge on any atom is -0.395 e. The van der Waals surface area contributed by atoms with Crippen molar-refractivity contribution in [3.8, 4) is 12.3 Å². The fourth-order valence-electron chi connectivity index (χ4n) is 2.21. The van der Waals surface area contributed by atoms with E-state index in [1.165, 1.54) is 0 Å². The van der Waals surface area contributed by atoms with Gasteiger partial charge in [-0.05, 0) is 5.92 Å². The number of hydrogen-bond acceptors (Lipinski definition) is 5. The van der Waals surface area contributed by atoms with Gasteiger partial charge in [0.05, 0.1) is 11.0 Å². The maximum absolute atomic E-state index is 6.30. The minimum atomic E-state index is -1.63. The van der Waals surface area contributed by atoms with Gasteiger partial charge in [-0.3, -0.25) is 0 Å². The summed E-state index contributed by atoms with van der Waals surface area (Å²) in [6.07, 6.45) is 5.48. The lowest BCUT2D eigenvalue weighted by molar-refractivity contribution is 0.585. The molecular formula is C13H21N5Si. The first kappa shape index (κ1) is 13.8. The van der Waals surface area contributed by atoms with Crippen LogP contribution in [-0.4, -0.2) is 44.2 Å². The van der Waals surface area contributed by atoms with Crippen molar-refractivity contribution in [1.29, 1.82) is 0 Å². The van der Waals surface area contributed by atoms with Crippen molar-refractivity contribution >= 4 is 24.9 Å². The predicted molar refractivity (Wildman–Crippen MR) is 82.4 cm³/mol. The fourth-order valence-corrected chi connectivity index (χ4v) is 3.57. The van der Waals surface area contributed by atoms with Crippen LogP contribution < -0.4 is 21.3 Å². The Morgan fingerprint density at radius 2 is 1.89 bits per heavy atom. The molecule has 5 nitrogen and oxygen atoms in total. The van der Waals surface area contributed by atoms with Gasteiger partial charge in [-0.1, -0.05) is 19.6 Å². The van der Waals surface area contributed by atoms with Gasteiger partial charge in [0.15, 0.2) is 5.82 Å². The molecule has 2 heterocycles. The molecule has 1 aromatic heterocycles. The van der Waals surface area contributed by atoms with Crippen molar-refractivity contribution in [2.75, 3.05) is 36.8 Å². The zero-order valence-electron chi connectivity index (χ0n) is 11.8. The van der Waals surface area contributed by atoms with E-state index < -0.39 is 8.07 Å². The average Bonchev–Trinajstić information content (AvgIpc) is 2.38. The Balaban J connectivity index is 2.51. The normalized spacial score (nSPS) is 16.2. The summed E-state index contributed by atoms with van der Waals surface area (Å²) < 4.78 is 0. The number of rotatable bonds is 2. The van der Waals surface area contributed by atoms with Crippen LogP contribution in [0.15, 0.2) is 0 Å². The number of nitrogens with one attached hydrogen (secondary N) is 1. The third-order valence-electron chi connectivity index (χ3n) is 3.18. The molecule has 0 atom stereocenters. The van der Waals surface area contributed by atoms with Gasteiger partial charge in [0.2, 0.25) is 5.82 Å². The largest absolute Gasteiger partial charge is 0.395 e. The van der Waals surface area contributed by atoms with Gasteiger partial charge in [-0.2, -0.15) is 0 Å². The summed E-state index contributed by atoms with van der Waals surface area (Å²) >= 11 is 0. The Bertz CT molecular complexity index is 509. The maximum atomic E-state index is 6.30. The fraction of sp³-hybridized carbons (Fsp3) is 0.538. The number of terminal acetylenes is 1. The summed E-state index contributed by atoms with van der Waals surface area (Å²) in [5.74, 6) is 3.80. The highest BCUT2D eigenvalue weighted by molar-refractivity contribution is 6.89. The second-order valence-corrected chi connectivity index (χ2v) is 10.7. The summed E-state index contributed by atoms with van der Waals surface area (Å²) in [5.41, 5.74) is 7.01. The molecule has 102 valence electrons. The first-order valence-corrected chi connectivity index (χ1v) is 10.0. The van der Waals surface area contributed by atoms with Crippen LogP contribution in [0.1, 0.15) is 5.82 Å². The Kier molecular flexibility index (Phi) is 3.78. The van der Waals surface area contributed by atoms with Crippen molar-refractivity contribution in [1.82, 2.24) is 15.3 Å². The standard InChI is InChI=1S/C13H21N5Si/c1-5-10-16-12(18-8-6-15-7-9-18)11(14)13(17-10)19(2,3)4/h1,15H,6-9,14H2,2-4H3. The zero-order chi connectivity index (χ0) is 14.0. The van der Waals surface area contributed by atoms with E-state index in [4.69, 9.17) is 12.2 Å². The number of aromatic nitrogens is 2. The molecule has 0 unspecified atom stereocenters. The third kappa shape index (κ3) is 2.88. The summed E-state index contributed by atoms with van der Waals surface area (Å²) in [6.45, 7) is 10.3. The second kappa shape index (κ2) is 5.19. The molecule has 19 heavy (non-hydrogen) atoms. The molecule has 3 N–H and O–H groups in total. The summed E-state index contributed by atoms with van der Waals surface area (Å²) in [6, 6.07) is 0. The number of anilines is 2. The molecular weight excluding hydrogens is 254 g/mol. The van der Waals surface area contributed by atoms with Gasteiger partial charge >= 0.3 is 0 Å². The van der Waals surface area contributed by atoms with Crippen LogP contribution in [0.5, 0.6) is 0 Å². The van der Waals surface area contributed by atoms with E-state index in [1.807, 2.05) is 0 Å². The Labute approximate surface area is 115 Å². The highest BCUT2D eigenvalue weighted by Gasteiger charge is 2.26. The molecule has 1 aromatic rings. The molecule has 1 aliphatic rings. The molecule has 0 spiro atoms. The van der Waals surface area contributed by atoms with Crippen LogP contribution >= 0.6 is 0 Å². The van der Waals surface area contributed by atoms with E-state index in [9.17, 15) is 0 Å². The lowest BCUT2D eigenvalue weighted by atomic mass is 10.3.